The maximum Gasteiger partial charge on any atom is 0.196 e. The molecule has 0 heterocycles. The molecule has 2 rings (SSSR count). The molecule has 0 spiro atoms. The molecule has 0 aromatic heterocycles. The van der Waals surface area contributed by atoms with Gasteiger partial charge in [-0.1, -0.05) is 54.1 Å². The van der Waals surface area contributed by atoms with E-state index in [9.17, 15) is 4.79 Å². The summed E-state index contributed by atoms with van der Waals surface area (Å²) in [5.74, 6) is 0.618. The van der Waals surface area contributed by atoms with E-state index >= 15 is 0 Å². The summed E-state index contributed by atoms with van der Waals surface area (Å²) in [6.45, 7) is 4.38. The molecule has 0 bridgehead atoms. The van der Waals surface area contributed by atoms with E-state index in [1.54, 1.807) is 0 Å². The van der Waals surface area contributed by atoms with E-state index in [1.165, 1.54) is 0 Å². The van der Waals surface area contributed by atoms with E-state index in [2.05, 4.69) is 0 Å². The zero-order valence-corrected chi connectivity index (χ0v) is 11.8. The topological polar surface area (TPSA) is 26.3 Å². The first-order chi connectivity index (χ1) is 9.72. The molecular weight excluding hydrogens is 248 g/mol. The highest BCUT2D eigenvalue weighted by Gasteiger charge is 2.14. The average molecular weight is 266 g/mol. The molecule has 0 saturated heterocycles. The van der Waals surface area contributed by atoms with Crippen molar-refractivity contribution >= 4 is 5.78 Å². The first kappa shape index (κ1) is 14.1. The zero-order valence-electron chi connectivity index (χ0n) is 11.8. The lowest BCUT2D eigenvalue weighted by Gasteiger charge is -2.10. The lowest BCUT2D eigenvalue weighted by molar-refractivity contribution is 0.103. The van der Waals surface area contributed by atoms with Crippen LogP contribution in [0.15, 0.2) is 60.7 Å². The quantitative estimate of drug-likeness (QED) is 0.599. The van der Waals surface area contributed by atoms with Crippen LogP contribution < -0.4 is 4.74 Å². The number of rotatable bonds is 5. The highest BCUT2D eigenvalue weighted by atomic mass is 16.5. The first-order valence-electron chi connectivity index (χ1n) is 6.66. The molecule has 0 aliphatic heterocycles. The summed E-state index contributed by atoms with van der Waals surface area (Å²) in [5, 5.41) is 0. The van der Waals surface area contributed by atoms with Crippen LogP contribution in [0.2, 0.25) is 0 Å². The fourth-order valence-electron chi connectivity index (χ4n) is 1.93. The summed E-state index contributed by atoms with van der Waals surface area (Å²) >= 11 is 0. The van der Waals surface area contributed by atoms with E-state index in [-0.39, 0.29) is 5.78 Å². The van der Waals surface area contributed by atoms with Crippen molar-refractivity contribution in [1.82, 2.24) is 0 Å². The fourth-order valence-corrected chi connectivity index (χ4v) is 1.93. The lowest BCUT2D eigenvalue weighted by atomic mass is 10.0. The van der Waals surface area contributed by atoms with Crippen molar-refractivity contribution in [2.45, 2.75) is 13.8 Å². The minimum atomic E-state index is -0.00946. The maximum atomic E-state index is 12.6. The third kappa shape index (κ3) is 3.35. The second-order valence-electron chi connectivity index (χ2n) is 4.57. The molecule has 0 unspecified atom stereocenters. The summed E-state index contributed by atoms with van der Waals surface area (Å²) < 4.78 is 5.67. The summed E-state index contributed by atoms with van der Waals surface area (Å²) in [6.07, 6.45) is 3.84. The minimum absolute atomic E-state index is 0.00946. The van der Waals surface area contributed by atoms with Gasteiger partial charge in [0.2, 0.25) is 0 Å². The Kier molecular flexibility index (Phi) is 4.72. The fraction of sp³-hybridized carbons (Fsp3) is 0.167. The van der Waals surface area contributed by atoms with Crippen molar-refractivity contribution in [3.8, 4) is 5.75 Å². The average Bonchev–Trinajstić information content (AvgIpc) is 2.49. The molecule has 0 aliphatic rings. The highest BCUT2D eigenvalue weighted by Crippen LogP contribution is 2.23. The number of hydrogen-bond acceptors (Lipinski definition) is 2. The van der Waals surface area contributed by atoms with Gasteiger partial charge in [0.05, 0.1) is 5.56 Å². The molecule has 0 N–H and O–H groups in total. The van der Waals surface area contributed by atoms with E-state index in [4.69, 9.17) is 4.74 Å². The number of aryl methyl sites for hydroxylation is 1. The van der Waals surface area contributed by atoms with Gasteiger partial charge in [0.25, 0.3) is 0 Å². The molecule has 0 fully saturated rings. The predicted octanol–water partition coefficient (Wildman–Crippen LogP) is 4.18. The van der Waals surface area contributed by atoms with Crippen molar-refractivity contribution < 1.29 is 9.53 Å². The molecule has 20 heavy (non-hydrogen) atoms. The Bertz CT molecular complexity index is 613. The third-order valence-corrected chi connectivity index (χ3v) is 2.99. The van der Waals surface area contributed by atoms with Gasteiger partial charge < -0.3 is 4.74 Å². The Morgan fingerprint density at radius 1 is 1.15 bits per heavy atom. The van der Waals surface area contributed by atoms with Crippen LogP contribution in [0.5, 0.6) is 5.75 Å². The molecule has 102 valence electrons. The van der Waals surface area contributed by atoms with Crippen LogP contribution >= 0.6 is 0 Å². The second kappa shape index (κ2) is 6.71. The molecule has 2 heteroatoms. The van der Waals surface area contributed by atoms with Crippen LogP contribution in [0.25, 0.3) is 0 Å². The van der Waals surface area contributed by atoms with Gasteiger partial charge in [-0.3, -0.25) is 4.79 Å². The molecule has 0 saturated carbocycles. The van der Waals surface area contributed by atoms with Gasteiger partial charge in [-0.05, 0) is 26.0 Å². The normalized spacial score (nSPS) is 10.7. The first-order valence-corrected chi connectivity index (χ1v) is 6.66. The standard InChI is InChI=1S/C18H18O2/c1-3-4-12-20-17-11-10-14(2)13-16(17)18(19)15-8-6-5-7-9-15/h3-11,13H,12H2,1-2H3/b4-3+. The van der Waals surface area contributed by atoms with Crippen molar-refractivity contribution in [1.29, 1.82) is 0 Å². The second-order valence-corrected chi connectivity index (χ2v) is 4.57. The molecule has 2 nitrogen and oxygen atoms in total. The van der Waals surface area contributed by atoms with Gasteiger partial charge in [0.1, 0.15) is 12.4 Å². The SMILES string of the molecule is C/C=C/COc1ccc(C)cc1C(=O)c1ccccc1. The van der Waals surface area contributed by atoms with Gasteiger partial charge in [-0.25, -0.2) is 0 Å². The summed E-state index contributed by atoms with van der Waals surface area (Å²) in [5.41, 5.74) is 2.33. The Hall–Kier alpha value is -2.35. The van der Waals surface area contributed by atoms with Crippen LogP contribution in [0.1, 0.15) is 28.4 Å². The van der Waals surface area contributed by atoms with Gasteiger partial charge in [-0.15, -0.1) is 0 Å². The van der Waals surface area contributed by atoms with E-state index in [0.29, 0.717) is 23.5 Å². The molecule has 0 aliphatic carbocycles. The number of ketones is 1. The lowest BCUT2D eigenvalue weighted by Crippen LogP contribution is -2.06. The smallest absolute Gasteiger partial charge is 0.196 e. The van der Waals surface area contributed by atoms with Crippen LogP contribution in [-0.4, -0.2) is 12.4 Å². The summed E-state index contributed by atoms with van der Waals surface area (Å²) in [4.78, 5) is 12.6. The monoisotopic (exact) mass is 266 g/mol. The van der Waals surface area contributed by atoms with Crippen molar-refractivity contribution in [2.24, 2.45) is 0 Å². The van der Waals surface area contributed by atoms with E-state index in [1.807, 2.05) is 74.5 Å². The van der Waals surface area contributed by atoms with Crippen LogP contribution in [0, 0.1) is 6.92 Å². The van der Waals surface area contributed by atoms with Crippen molar-refractivity contribution in [3.63, 3.8) is 0 Å². The number of ether oxygens (including phenoxy) is 1. The molecular formula is C18H18O2. The van der Waals surface area contributed by atoms with E-state index in [0.717, 1.165) is 5.56 Å². The Labute approximate surface area is 119 Å². The maximum absolute atomic E-state index is 12.6. The van der Waals surface area contributed by atoms with Crippen molar-refractivity contribution in [3.05, 3.63) is 77.4 Å². The van der Waals surface area contributed by atoms with Gasteiger partial charge in [0, 0.05) is 5.56 Å². The number of carbonyl (C=O) groups excluding carboxylic acids is 1. The van der Waals surface area contributed by atoms with Gasteiger partial charge >= 0.3 is 0 Å². The minimum Gasteiger partial charge on any atom is -0.489 e. The number of hydrogen-bond donors (Lipinski definition) is 0. The highest BCUT2D eigenvalue weighted by molar-refractivity contribution is 6.10. The third-order valence-electron chi connectivity index (χ3n) is 2.99. The Balaban J connectivity index is 2.34. The zero-order chi connectivity index (χ0) is 14.4. The van der Waals surface area contributed by atoms with Crippen LogP contribution in [0.4, 0.5) is 0 Å². The summed E-state index contributed by atoms with van der Waals surface area (Å²) in [7, 11) is 0. The molecule has 0 atom stereocenters. The van der Waals surface area contributed by atoms with Crippen LogP contribution in [-0.2, 0) is 0 Å². The van der Waals surface area contributed by atoms with Crippen molar-refractivity contribution in [2.75, 3.05) is 6.61 Å². The number of benzene rings is 2. The number of carbonyl (C=O) groups is 1. The Morgan fingerprint density at radius 2 is 1.90 bits per heavy atom. The predicted molar refractivity (Wildman–Crippen MR) is 81.4 cm³/mol. The molecule has 0 amide bonds. The molecule has 2 aromatic carbocycles. The van der Waals surface area contributed by atoms with Crippen LogP contribution in [0.3, 0.4) is 0 Å². The van der Waals surface area contributed by atoms with Gasteiger partial charge in [0.15, 0.2) is 5.78 Å². The Morgan fingerprint density at radius 3 is 2.60 bits per heavy atom. The summed E-state index contributed by atoms with van der Waals surface area (Å²) in [6, 6.07) is 15.0. The molecule has 2 aromatic rings. The molecule has 0 radical (unpaired) electrons. The van der Waals surface area contributed by atoms with E-state index < -0.39 is 0 Å². The number of allylic oxidation sites excluding steroid dienone is 1. The largest absolute Gasteiger partial charge is 0.489 e. The van der Waals surface area contributed by atoms with Gasteiger partial charge in [-0.2, -0.15) is 0 Å².